The van der Waals surface area contributed by atoms with Crippen molar-refractivity contribution in [3.8, 4) is 0 Å². The molecule has 0 saturated heterocycles. The van der Waals surface area contributed by atoms with Gasteiger partial charge in [0.25, 0.3) is 0 Å². The van der Waals surface area contributed by atoms with Gasteiger partial charge in [-0.05, 0) is 60.5 Å². The van der Waals surface area contributed by atoms with Gasteiger partial charge in [0.05, 0.1) is 0 Å². The smallest absolute Gasteiger partial charge is 0.0171 e. The molecule has 2 saturated carbocycles. The zero-order valence-corrected chi connectivity index (χ0v) is 10.6. The molecule has 1 heteroatoms. The summed E-state index contributed by atoms with van der Waals surface area (Å²) in [6, 6.07) is 9.12. The van der Waals surface area contributed by atoms with Gasteiger partial charge in [0, 0.05) is 5.54 Å². The molecule has 4 aliphatic carbocycles. The Bertz CT molecular complexity index is 421. The lowest BCUT2D eigenvalue weighted by Crippen LogP contribution is -2.52. The van der Waals surface area contributed by atoms with Gasteiger partial charge in [-0.25, -0.2) is 0 Å². The molecule has 1 aromatic rings. The predicted molar refractivity (Wildman–Crippen MR) is 70.0 cm³/mol. The number of nitrogens with two attached hydrogens (primary N) is 1. The fourth-order valence-corrected chi connectivity index (χ4v) is 5.32. The van der Waals surface area contributed by atoms with Crippen LogP contribution < -0.4 is 5.73 Å². The highest BCUT2D eigenvalue weighted by atomic mass is 14.8. The van der Waals surface area contributed by atoms with Crippen molar-refractivity contribution in [1.82, 2.24) is 0 Å². The first kappa shape index (κ1) is 10.1. The van der Waals surface area contributed by atoms with Crippen molar-refractivity contribution in [2.24, 2.45) is 11.1 Å². The second-order valence-corrected chi connectivity index (χ2v) is 7.19. The summed E-state index contributed by atoms with van der Waals surface area (Å²) in [5, 5.41) is 0. The molecule has 0 spiro atoms. The molecule has 0 aliphatic heterocycles. The van der Waals surface area contributed by atoms with Crippen molar-refractivity contribution in [3.05, 3.63) is 35.4 Å². The van der Waals surface area contributed by atoms with Crippen molar-refractivity contribution in [2.45, 2.75) is 56.4 Å². The van der Waals surface area contributed by atoms with E-state index in [0.29, 0.717) is 5.41 Å². The first-order valence-electron chi connectivity index (χ1n) is 6.95. The monoisotopic (exact) mass is 227 g/mol. The highest BCUT2D eigenvalue weighted by Crippen LogP contribution is 2.61. The van der Waals surface area contributed by atoms with Crippen LogP contribution in [0.3, 0.4) is 0 Å². The van der Waals surface area contributed by atoms with E-state index < -0.39 is 0 Å². The fourth-order valence-electron chi connectivity index (χ4n) is 5.32. The third kappa shape index (κ3) is 1.35. The molecule has 0 amide bonds. The van der Waals surface area contributed by atoms with Crippen molar-refractivity contribution in [3.63, 3.8) is 0 Å². The average Bonchev–Trinajstić information content (AvgIpc) is 2.38. The van der Waals surface area contributed by atoms with Gasteiger partial charge < -0.3 is 5.73 Å². The molecule has 1 nitrogen and oxygen atoms in total. The van der Waals surface area contributed by atoms with Crippen LogP contribution >= 0.6 is 0 Å². The Morgan fingerprint density at radius 2 is 1.53 bits per heavy atom. The van der Waals surface area contributed by atoms with Gasteiger partial charge in [0.1, 0.15) is 0 Å². The predicted octanol–water partition coefficient (Wildman–Crippen LogP) is 3.55. The Morgan fingerprint density at radius 1 is 1.00 bits per heavy atom. The van der Waals surface area contributed by atoms with Crippen molar-refractivity contribution >= 4 is 0 Å². The zero-order valence-electron chi connectivity index (χ0n) is 10.6. The first-order chi connectivity index (χ1) is 8.07. The van der Waals surface area contributed by atoms with Crippen LogP contribution in [-0.2, 0) is 0 Å². The summed E-state index contributed by atoms with van der Waals surface area (Å²) >= 11 is 0. The number of rotatable bonds is 0. The molecule has 17 heavy (non-hydrogen) atoms. The number of hydrogen-bond donors (Lipinski definition) is 1. The highest BCUT2D eigenvalue weighted by Gasteiger charge is 2.53. The largest absolute Gasteiger partial charge is 0.325 e. The molecule has 1 aromatic carbocycles. The Hall–Kier alpha value is -0.820. The van der Waals surface area contributed by atoms with Gasteiger partial charge in [-0.3, -0.25) is 0 Å². The summed E-state index contributed by atoms with van der Waals surface area (Å²) in [6.45, 7) is 2.47. The molecule has 90 valence electrons. The number of hydrogen-bond acceptors (Lipinski definition) is 1. The molecule has 4 aliphatic rings. The molecule has 2 fully saturated rings. The molecule has 5 rings (SSSR count). The Morgan fingerprint density at radius 3 is 2.00 bits per heavy atom. The van der Waals surface area contributed by atoms with Crippen molar-refractivity contribution in [1.29, 1.82) is 0 Å². The van der Waals surface area contributed by atoms with E-state index in [2.05, 4.69) is 31.2 Å². The van der Waals surface area contributed by atoms with Crippen molar-refractivity contribution < 1.29 is 0 Å². The Balaban J connectivity index is 1.93. The van der Waals surface area contributed by atoms with Crippen LogP contribution in [0.1, 0.15) is 62.0 Å². The van der Waals surface area contributed by atoms with E-state index in [9.17, 15) is 0 Å². The second kappa shape index (κ2) is 2.95. The third-order valence-corrected chi connectivity index (χ3v) is 5.44. The van der Waals surface area contributed by atoms with Crippen LogP contribution in [0.5, 0.6) is 0 Å². The molecular weight excluding hydrogens is 206 g/mol. The molecule has 2 N–H and O–H groups in total. The lowest BCUT2D eigenvalue weighted by molar-refractivity contribution is 0.0544. The van der Waals surface area contributed by atoms with Gasteiger partial charge in [0.15, 0.2) is 0 Å². The third-order valence-electron chi connectivity index (χ3n) is 5.44. The minimum absolute atomic E-state index is 0.125. The van der Waals surface area contributed by atoms with E-state index >= 15 is 0 Å². The molecule has 0 radical (unpaired) electrons. The summed E-state index contributed by atoms with van der Waals surface area (Å²) in [5.41, 5.74) is 10.5. The van der Waals surface area contributed by atoms with E-state index in [-0.39, 0.29) is 5.54 Å². The van der Waals surface area contributed by atoms with Crippen LogP contribution in [0.25, 0.3) is 0 Å². The normalized spacial score (nSPS) is 46.7. The summed E-state index contributed by atoms with van der Waals surface area (Å²) in [6.07, 6.45) is 6.41. The first-order valence-corrected chi connectivity index (χ1v) is 6.95. The van der Waals surface area contributed by atoms with Crippen LogP contribution in [0.2, 0.25) is 0 Å². The quantitative estimate of drug-likeness (QED) is 0.720. The zero-order chi connectivity index (χ0) is 11.7. The van der Waals surface area contributed by atoms with Crippen LogP contribution in [-0.4, -0.2) is 5.54 Å². The van der Waals surface area contributed by atoms with Gasteiger partial charge in [0.2, 0.25) is 0 Å². The topological polar surface area (TPSA) is 26.0 Å². The van der Waals surface area contributed by atoms with Gasteiger partial charge >= 0.3 is 0 Å². The van der Waals surface area contributed by atoms with E-state index in [4.69, 9.17) is 5.73 Å². The molecule has 0 aromatic heterocycles. The molecule has 2 atom stereocenters. The molecule has 0 heterocycles. The van der Waals surface area contributed by atoms with Crippen molar-refractivity contribution in [2.75, 3.05) is 0 Å². The lowest BCUT2D eigenvalue weighted by atomic mass is 9.56. The lowest BCUT2D eigenvalue weighted by Gasteiger charge is -2.52. The van der Waals surface area contributed by atoms with E-state index in [1.807, 2.05) is 0 Å². The maximum absolute atomic E-state index is 6.69. The standard InChI is InChI=1S/C16H21N/c1-15-6-11-8-16(17,10-15)9-12(7-15)14-5-3-2-4-13(11)14/h2-5,11-12H,6-10,17H2,1H3. The maximum Gasteiger partial charge on any atom is 0.0171 e. The number of benzene rings is 1. The van der Waals surface area contributed by atoms with E-state index in [1.54, 1.807) is 11.1 Å². The second-order valence-electron chi connectivity index (χ2n) is 7.19. The summed E-state index contributed by atoms with van der Waals surface area (Å²) in [7, 11) is 0. The van der Waals surface area contributed by atoms with Crippen LogP contribution in [0, 0.1) is 5.41 Å². The average molecular weight is 227 g/mol. The van der Waals surface area contributed by atoms with Crippen LogP contribution in [0.4, 0.5) is 0 Å². The SMILES string of the molecule is CC12CC3CC(N)(CC(C1)c1ccccc13)C2. The van der Waals surface area contributed by atoms with Crippen LogP contribution in [0.15, 0.2) is 24.3 Å². The minimum atomic E-state index is 0.125. The van der Waals surface area contributed by atoms with Gasteiger partial charge in [-0.2, -0.15) is 0 Å². The molecule has 4 bridgehead atoms. The molecule has 2 unspecified atom stereocenters. The Kier molecular flexibility index (Phi) is 1.76. The summed E-state index contributed by atoms with van der Waals surface area (Å²) < 4.78 is 0. The maximum atomic E-state index is 6.69. The minimum Gasteiger partial charge on any atom is -0.325 e. The summed E-state index contributed by atoms with van der Waals surface area (Å²) in [4.78, 5) is 0. The van der Waals surface area contributed by atoms with Gasteiger partial charge in [-0.15, -0.1) is 0 Å². The van der Waals surface area contributed by atoms with E-state index in [1.165, 1.54) is 32.1 Å². The highest BCUT2D eigenvalue weighted by molar-refractivity contribution is 5.39. The van der Waals surface area contributed by atoms with E-state index in [0.717, 1.165) is 11.8 Å². The fraction of sp³-hybridized carbons (Fsp3) is 0.625. The Labute approximate surface area is 103 Å². The molecular formula is C16H21N. The van der Waals surface area contributed by atoms with Gasteiger partial charge in [-0.1, -0.05) is 31.2 Å². The summed E-state index contributed by atoms with van der Waals surface area (Å²) in [5.74, 6) is 1.45.